The highest BCUT2D eigenvalue weighted by molar-refractivity contribution is 6.04. The minimum absolute atomic E-state index is 0.0945. The van der Waals surface area contributed by atoms with Crippen LogP contribution >= 0.6 is 0 Å². The number of carbonyl (C=O) groups is 3. The Balaban J connectivity index is 1.35. The molecule has 0 radical (unpaired) electrons. The summed E-state index contributed by atoms with van der Waals surface area (Å²) in [6.45, 7) is 1.12. The van der Waals surface area contributed by atoms with E-state index < -0.39 is 0 Å². The van der Waals surface area contributed by atoms with Gasteiger partial charge in [-0.1, -0.05) is 18.2 Å². The highest BCUT2D eigenvalue weighted by Crippen LogP contribution is 2.24. The van der Waals surface area contributed by atoms with E-state index in [9.17, 15) is 14.4 Å². The Kier molecular flexibility index (Phi) is 6.34. The van der Waals surface area contributed by atoms with Gasteiger partial charge >= 0.3 is 0 Å². The van der Waals surface area contributed by atoms with Crippen molar-refractivity contribution >= 4 is 23.4 Å². The number of fused-ring (bicyclic) bond motifs is 1. The molecular formula is C23H25N5O4. The van der Waals surface area contributed by atoms with Crippen molar-refractivity contribution in [2.24, 2.45) is 7.05 Å². The molecule has 9 heteroatoms. The summed E-state index contributed by atoms with van der Waals surface area (Å²) in [5.41, 5.74) is 2.70. The van der Waals surface area contributed by atoms with E-state index in [1.54, 1.807) is 47.2 Å². The number of nitrogens with zero attached hydrogens (tertiary/aromatic N) is 3. The van der Waals surface area contributed by atoms with Gasteiger partial charge in [-0.2, -0.15) is 5.10 Å². The highest BCUT2D eigenvalue weighted by Gasteiger charge is 2.29. The molecule has 9 nitrogen and oxygen atoms in total. The molecule has 0 bridgehead atoms. The van der Waals surface area contributed by atoms with E-state index in [0.29, 0.717) is 43.2 Å². The van der Waals surface area contributed by atoms with E-state index in [4.69, 9.17) is 4.42 Å². The fourth-order valence-electron chi connectivity index (χ4n) is 3.77. The maximum Gasteiger partial charge on any atom is 0.276 e. The molecule has 32 heavy (non-hydrogen) atoms. The number of hydrogen-bond acceptors (Lipinski definition) is 5. The van der Waals surface area contributed by atoms with Crippen molar-refractivity contribution in [3.05, 3.63) is 71.4 Å². The summed E-state index contributed by atoms with van der Waals surface area (Å²) in [5.74, 6) is 0.0181. The number of anilines is 1. The number of carbonyl (C=O) groups excluding carboxylic acids is 3. The molecule has 1 aliphatic heterocycles. The van der Waals surface area contributed by atoms with Crippen molar-refractivity contribution in [1.29, 1.82) is 0 Å². The molecular weight excluding hydrogens is 410 g/mol. The summed E-state index contributed by atoms with van der Waals surface area (Å²) in [7, 11) is 1.80. The van der Waals surface area contributed by atoms with Crippen LogP contribution in [0.25, 0.3) is 0 Å². The van der Waals surface area contributed by atoms with Crippen molar-refractivity contribution in [1.82, 2.24) is 20.0 Å². The predicted molar refractivity (Wildman–Crippen MR) is 117 cm³/mol. The van der Waals surface area contributed by atoms with Crippen LogP contribution in [0.3, 0.4) is 0 Å². The Morgan fingerprint density at radius 1 is 1.09 bits per heavy atom. The number of rotatable bonds is 7. The third-order valence-corrected chi connectivity index (χ3v) is 5.45. The van der Waals surface area contributed by atoms with Gasteiger partial charge in [0, 0.05) is 56.3 Å². The van der Waals surface area contributed by atoms with Crippen LogP contribution in [0, 0.1) is 0 Å². The van der Waals surface area contributed by atoms with E-state index in [1.165, 1.54) is 0 Å². The summed E-state index contributed by atoms with van der Waals surface area (Å²) in [4.78, 5) is 39.3. The minimum Gasteiger partial charge on any atom is -0.467 e. The summed E-state index contributed by atoms with van der Waals surface area (Å²) < 4.78 is 6.88. The largest absolute Gasteiger partial charge is 0.467 e. The van der Waals surface area contributed by atoms with Gasteiger partial charge in [-0.25, -0.2) is 0 Å². The molecule has 1 aromatic carbocycles. The van der Waals surface area contributed by atoms with Crippen LogP contribution < -0.4 is 10.6 Å². The lowest BCUT2D eigenvalue weighted by Crippen LogP contribution is -2.37. The maximum atomic E-state index is 12.8. The average molecular weight is 435 g/mol. The monoisotopic (exact) mass is 435 g/mol. The fraction of sp³-hybridized carbons (Fsp3) is 0.304. The summed E-state index contributed by atoms with van der Waals surface area (Å²) in [5, 5.41) is 9.99. The molecule has 0 spiro atoms. The van der Waals surface area contributed by atoms with Gasteiger partial charge in [0.15, 0.2) is 5.69 Å². The van der Waals surface area contributed by atoms with E-state index in [-0.39, 0.29) is 30.6 Å². The second kappa shape index (κ2) is 9.51. The van der Waals surface area contributed by atoms with E-state index in [0.717, 1.165) is 11.3 Å². The van der Waals surface area contributed by atoms with Crippen molar-refractivity contribution < 1.29 is 18.8 Å². The number of benzene rings is 1. The van der Waals surface area contributed by atoms with Gasteiger partial charge < -0.3 is 20.0 Å². The first-order valence-electron chi connectivity index (χ1n) is 10.5. The lowest BCUT2D eigenvalue weighted by atomic mass is 10.0. The molecule has 0 saturated carbocycles. The van der Waals surface area contributed by atoms with Gasteiger partial charge in [0.25, 0.3) is 5.91 Å². The smallest absolute Gasteiger partial charge is 0.276 e. The van der Waals surface area contributed by atoms with Crippen LogP contribution in [0.1, 0.15) is 40.3 Å². The normalized spacial score (nSPS) is 12.8. The SMILES string of the molecule is Cn1nc(C(=O)Nc2ccccc2)c2c1CCN(C(=O)CCC(=O)NCc1ccco1)C2. The number of furan rings is 1. The maximum absolute atomic E-state index is 12.8. The molecule has 166 valence electrons. The fourth-order valence-corrected chi connectivity index (χ4v) is 3.77. The van der Waals surface area contributed by atoms with E-state index >= 15 is 0 Å². The van der Waals surface area contributed by atoms with Gasteiger partial charge in [-0.3, -0.25) is 19.1 Å². The van der Waals surface area contributed by atoms with Gasteiger partial charge in [-0.05, 0) is 24.3 Å². The van der Waals surface area contributed by atoms with Gasteiger partial charge in [-0.15, -0.1) is 0 Å². The van der Waals surface area contributed by atoms with Crippen LogP contribution in [0.15, 0.2) is 53.1 Å². The second-order valence-electron chi connectivity index (χ2n) is 7.64. The molecule has 4 rings (SSSR count). The Labute approximate surface area is 185 Å². The quantitative estimate of drug-likeness (QED) is 0.592. The predicted octanol–water partition coefficient (Wildman–Crippen LogP) is 2.25. The first kappa shape index (κ1) is 21.4. The average Bonchev–Trinajstić information content (AvgIpc) is 3.44. The van der Waals surface area contributed by atoms with Crippen LogP contribution in [-0.2, 0) is 36.1 Å². The second-order valence-corrected chi connectivity index (χ2v) is 7.64. The Bertz CT molecular complexity index is 1110. The van der Waals surface area contributed by atoms with Crippen LogP contribution in [0.2, 0.25) is 0 Å². The summed E-state index contributed by atoms with van der Waals surface area (Å²) in [6, 6.07) is 12.7. The molecule has 3 amide bonds. The first-order chi connectivity index (χ1) is 15.5. The number of hydrogen-bond donors (Lipinski definition) is 2. The molecule has 2 N–H and O–H groups in total. The first-order valence-corrected chi connectivity index (χ1v) is 10.5. The van der Waals surface area contributed by atoms with Gasteiger partial charge in [0.1, 0.15) is 5.76 Å². The Morgan fingerprint density at radius 2 is 1.91 bits per heavy atom. The minimum atomic E-state index is -0.306. The summed E-state index contributed by atoms with van der Waals surface area (Å²) >= 11 is 0. The zero-order chi connectivity index (χ0) is 22.5. The number of aromatic nitrogens is 2. The topological polar surface area (TPSA) is 109 Å². The van der Waals surface area contributed by atoms with Crippen LogP contribution in [-0.4, -0.2) is 38.9 Å². The van der Waals surface area contributed by atoms with Gasteiger partial charge in [0.2, 0.25) is 11.8 Å². The van der Waals surface area contributed by atoms with E-state index in [2.05, 4.69) is 15.7 Å². The van der Waals surface area contributed by atoms with Crippen molar-refractivity contribution in [2.75, 3.05) is 11.9 Å². The van der Waals surface area contributed by atoms with Crippen LogP contribution in [0.4, 0.5) is 5.69 Å². The highest BCUT2D eigenvalue weighted by atomic mass is 16.3. The zero-order valence-electron chi connectivity index (χ0n) is 17.8. The third-order valence-electron chi connectivity index (χ3n) is 5.45. The Hall–Kier alpha value is -3.88. The standard InChI is InChI=1S/C23H25N5O4/c1-27-19-11-12-28(21(30)10-9-20(29)24-14-17-8-5-13-32-17)15-18(19)22(26-27)23(31)25-16-6-3-2-4-7-16/h2-8,13H,9-12,14-15H2,1H3,(H,24,29)(H,25,31). The third kappa shape index (κ3) is 4.88. The summed E-state index contributed by atoms with van der Waals surface area (Å²) in [6.07, 6.45) is 2.35. The number of para-hydroxylation sites is 1. The lowest BCUT2D eigenvalue weighted by Gasteiger charge is -2.27. The molecule has 2 aromatic heterocycles. The van der Waals surface area contributed by atoms with Crippen molar-refractivity contribution in [3.8, 4) is 0 Å². The molecule has 3 heterocycles. The molecule has 0 saturated heterocycles. The molecule has 0 unspecified atom stereocenters. The molecule has 0 fully saturated rings. The van der Waals surface area contributed by atoms with E-state index in [1.807, 2.05) is 18.2 Å². The molecule has 0 atom stereocenters. The number of aryl methyl sites for hydroxylation is 1. The molecule has 0 aliphatic carbocycles. The lowest BCUT2D eigenvalue weighted by molar-refractivity contribution is -0.134. The molecule has 3 aromatic rings. The zero-order valence-corrected chi connectivity index (χ0v) is 17.8. The van der Waals surface area contributed by atoms with Crippen LogP contribution in [0.5, 0.6) is 0 Å². The Morgan fingerprint density at radius 3 is 2.66 bits per heavy atom. The number of nitrogens with one attached hydrogen (secondary N) is 2. The van der Waals surface area contributed by atoms with Crippen molar-refractivity contribution in [2.45, 2.75) is 32.4 Å². The van der Waals surface area contributed by atoms with Crippen molar-refractivity contribution in [3.63, 3.8) is 0 Å². The molecule has 1 aliphatic rings. The van der Waals surface area contributed by atoms with Gasteiger partial charge in [0.05, 0.1) is 12.8 Å². The number of amides is 3.